The molecule has 1 rings (SSSR count). The van der Waals surface area contributed by atoms with Crippen LogP contribution in [0.3, 0.4) is 0 Å². The molecule has 1 aliphatic rings. The van der Waals surface area contributed by atoms with Crippen molar-refractivity contribution >= 4 is 27.6 Å². The maximum Gasteiger partial charge on any atom is 0.472 e. The Balaban J connectivity index is 0. The monoisotopic (exact) mass is 925 g/mol. The maximum atomic E-state index is 12.9. The Hall–Kier alpha value is -1.08. The molecular formula is C41H86N2O16P2. The molecule has 0 aliphatic heterocycles. The van der Waals surface area contributed by atoms with Crippen molar-refractivity contribution in [1.82, 2.24) is 12.3 Å². The number of phosphoric ester groups is 2. The minimum Gasteiger partial charge on any atom is -0.462 e. The number of ether oxygens (including phenoxy) is 2. The van der Waals surface area contributed by atoms with Gasteiger partial charge in [-0.05, 0) is 12.8 Å². The molecule has 0 radical (unpaired) electrons. The average molecular weight is 925 g/mol. The summed E-state index contributed by atoms with van der Waals surface area (Å²) in [4.78, 5) is 53.9. The quantitative estimate of drug-likeness (QED) is 0.0160. The first-order valence-corrected chi connectivity index (χ1v) is 25.6. The Labute approximate surface area is 365 Å². The number of phosphoric acid groups is 2. The van der Waals surface area contributed by atoms with E-state index in [2.05, 4.69) is 18.4 Å². The van der Waals surface area contributed by atoms with Crippen LogP contribution in [0.2, 0.25) is 0 Å². The van der Waals surface area contributed by atoms with Crippen molar-refractivity contribution in [1.29, 1.82) is 0 Å². The van der Waals surface area contributed by atoms with Gasteiger partial charge in [-0.3, -0.25) is 23.2 Å². The van der Waals surface area contributed by atoms with Gasteiger partial charge >= 0.3 is 27.6 Å². The van der Waals surface area contributed by atoms with Crippen LogP contribution in [0.4, 0.5) is 0 Å². The molecule has 20 heteroatoms. The highest BCUT2D eigenvalue weighted by molar-refractivity contribution is 7.47. The molecule has 0 amide bonds. The van der Waals surface area contributed by atoms with Crippen LogP contribution >= 0.6 is 15.6 Å². The Morgan fingerprint density at radius 1 is 0.475 bits per heavy atom. The predicted octanol–water partition coefficient (Wildman–Crippen LogP) is 8.17. The highest BCUT2D eigenvalue weighted by Gasteiger charge is 2.54. The van der Waals surface area contributed by atoms with E-state index in [0.717, 1.165) is 51.4 Å². The van der Waals surface area contributed by atoms with Crippen LogP contribution in [0.25, 0.3) is 0 Å². The highest BCUT2D eigenvalue weighted by atomic mass is 31.2. The fraction of sp³-hybridized carbons (Fsp3) is 0.951. The normalized spacial score (nSPS) is 21.8. The van der Waals surface area contributed by atoms with Crippen molar-refractivity contribution in [2.45, 2.75) is 236 Å². The second-order valence-corrected chi connectivity index (χ2v) is 18.7. The summed E-state index contributed by atoms with van der Waals surface area (Å²) in [5.74, 6) is -1.18. The molecule has 1 saturated carbocycles. The molecule has 0 aromatic carbocycles. The third kappa shape index (κ3) is 31.4. The van der Waals surface area contributed by atoms with Crippen LogP contribution in [0, 0.1) is 0 Å². The number of rotatable bonds is 38. The van der Waals surface area contributed by atoms with Gasteiger partial charge in [0.15, 0.2) is 6.10 Å². The average Bonchev–Trinajstić information content (AvgIpc) is 3.18. The number of aliphatic hydroxyl groups is 4. The highest BCUT2D eigenvalue weighted by Crippen LogP contribution is 2.48. The Bertz CT molecular complexity index is 1170. The molecule has 0 bridgehead atoms. The van der Waals surface area contributed by atoms with Crippen molar-refractivity contribution in [3.8, 4) is 0 Å². The first-order valence-electron chi connectivity index (χ1n) is 22.6. The lowest BCUT2D eigenvalue weighted by Crippen LogP contribution is -2.64. The molecule has 1 fully saturated rings. The third-order valence-corrected chi connectivity index (χ3v) is 12.2. The SMILES string of the molecule is CCCCCCCCCCCCCCCC(=O)OC[C@H](COP(=O)(O)OC1[C@@H](O)[C@H](O)C(OP(=O)(O)O)[C@H](O)[C@@H]1O)OC(=O)CCCCCCCCCCCCCCC.N.N. The van der Waals surface area contributed by atoms with E-state index in [1.165, 1.54) is 103 Å². The van der Waals surface area contributed by atoms with E-state index < -0.39 is 83.5 Å². The summed E-state index contributed by atoms with van der Waals surface area (Å²) in [5.41, 5.74) is 0. The van der Waals surface area contributed by atoms with Crippen LogP contribution < -0.4 is 12.3 Å². The zero-order valence-electron chi connectivity index (χ0n) is 37.4. The van der Waals surface area contributed by atoms with Crippen LogP contribution in [0.5, 0.6) is 0 Å². The standard InChI is InChI=1S/C41H80O16P2.2H3N/c1-3-5-7-9-11-13-15-17-19-21-23-25-27-29-34(42)53-31-33(55-35(43)30-28-26-24-22-20-18-16-14-12-10-8-6-4-2)32-54-59(51,52)57-41-38(46)36(44)40(37(45)39(41)47)56-58(48,49)50;;/h33,36-41,44-47H,3-32H2,1-2H3,(H,51,52)(H2,48,49,50);2*1H3/t33-,36-,37+,38+,39+,40?,41?;;/m1../s1. The minimum absolute atomic E-state index is 0. The summed E-state index contributed by atoms with van der Waals surface area (Å²) in [5, 5.41) is 41.4. The molecule has 0 saturated heterocycles. The minimum atomic E-state index is -5.30. The molecule has 0 aromatic rings. The van der Waals surface area contributed by atoms with Crippen molar-refractivity contribution in [3.05, 3.63) is 0 Å². The number of hydrogen-bond donors (Lipinski definition) is 9. The second-order valence-electron chi connectivity index (χ2n) is 16.1. The number of carbonyl (C=O) groups is 2. The van der Waals surface area contributed by atoms with Crippen LogP contribution in [0.1, 0.15) is 194 Å². The number of aliphatic hydroxyl groups excluding tert-OH is 4. The number of esters is 2. The molecule has 18 nitrogen and oxygen atoms in total. The largest absolute Gasteiger partial charge is 0.472 e. The van der Waals surface area contributed by atoms with E-state index in [4.69, 9.17) is 28.3 Å². The van der Waals surface area contributed by atoms with Gasteiger partial charge in [0.1, 0.15) is 43.2 Å². The van der Waals surface area contributed by atoms with Gasteiger partial charge in [-0.25, -0.2) is 9.13 Å². The second kappa shape index (κ2) is 37.2. The van der Waals surface area contributed by atoms with Gasteiger partial charge in [-0.1, -0.05) is 168 Å². The molecule has 0 spiro atoms. The van der Waals surface area contributed by atoms with Crippen LogP contribution in [-0.2, 0) is 41.8 Å². The lowest BCUT2D eigenvalue weighted by Gasteiger charge is -2.43. The zero-order valence-corrected chi connectivity index (χ0v) is 39.2. The summed E-state index contributed by atoms with van der Waals surface area (Å²) in [6.45, 7) is 3.13. The van der Waals surface area contributed by atoms with Crippen molar-refractivity contribution in [2.75, 3.05) is 13.2 Å². The third-order valence-electron chi connectivity index (χ3n) is 10.7. The van der Waals surface area contributed by atoms with Crippen LogP contribution in [0.15, 0.2) is 0 Å². The van der Waals surface area contributed by atoms with Gasteiger partial charge in [-0.2, -0.15) is 0 Å². The molecule has 0 heterocycles. The fourth-order valence-corrected chi connectivity index (χ4v) is 8.68. The van der Waals surface area contributed by atoms with Gasteiger partial charge < -0.3 is 56.9 Å². The number of unbranched alkanes of at least 4 members (excludes halogenated alkanes) is 24. The van der Waals surface area contributed by atoms with Gasteiger partial charge in [0.05, 0.1) is 6.61 Å². The molecular weight excluding hydrogens is 838 g/mol. The lowest BCUT2D eigenvalue weighted by molar-refractivity contribution is -0.216. The molecule has 0 aromatic heterocycles. The van der Waals surface area contributed by atoms with Gasteiger partial charge in [0.2, 0.25) is 0 Å². The van der Waals surface area contributed by atoms with E-state index in [-0.39, 0.29) is 25.1 Å². The van der Waals surface area contributed by atoms with Crippen molar-refractivity contribution in [2.24, 2.45) is 0 Å². The van der Waals surface area contributed by atoms with Gasteiger partial charge in [0.25, 0.3) is 0 Å². The summed E-state index contributed by atoms with van der Waals surface area (Å²) in [6, 6.07) is 0. The molecule has 61 heavy (non-hydrogen) atoms. The predicted molar refractivity (Wildman–Crippen MR) is 233 cm³/mol. The first-order chi connectivity index (χ1) is 28.1. The smallest absolute Gasteiger partial charge is 0.462 e. The van der Waals surface area contributed by atoms with Crippen molar-refractivity contribution in [3.63, 3.8) is 0 Å². The Morgan fingerprint density at radius 3 is 1.13 bits per heavy atom. The molecule has 8 atom stereocenters. The van der Waals surface area contributed by atoms with E-state index in [9.17, 15) is 44.0 Å². The summed E-state index contributed by atoms with van der Waals surface area (Å²) in [7, 11) is -10.6. The number of carbonyl (C=O) groups excluding carboxylic acids is 2. The van der Waals surface area contributed by atoms with Gasteiger partial charge in [0, 0.05) is 12.8 Å². The molecule has 3 unspecified atom stereocenters. The molecule has 13 N–H and O–H groups in total. The van der Waals surface area contributed by atoms with E-state index >= 15 is 0 Å². The van der Waals surface area contributed by atoms with E-state index in [0.29, 0.717) is 12.8 Å². The first kappa shape index (κ1) is 62.0. The summed E-state index contributed by atoms with van der Waals surface area (Å²) >= 11 is 0. The van der Waals surface area contributed by atoms with Crippen LogP contribution in [-0.4, -0.2) is 103 Å². The van der Waals surface area contributed by atoms with Gasteiger partial charge in [-0.15, -0.1) is 0 Å². The Kier molecular flexibility index (Phi) is 37.8. The zero-order chi connectivity index (χ0) is 43.9. The lowest BCUT2D eigenvalue weighted by atomic mass is 9.85. The van der Waals surface area contributed by atoms with Crippen molar-refractivity contribution < 1.29 is 76.9 Å². The summed E-state index contributed by atoms with van der Waals surface area (Å²) < 4.78 is 49.0. The Morgan fingerprint density at radius 2 is 0.787 bits per heavy atom. The number of hydrogen-bond acceptors (Lipinski definition) is 15. The maximum absolute atomic E-state index is 12.9. The van der Waals surface area contributed by atoms with E-state index in [1.807, 2.05) is 0 Å². The fourth-order valence-electron chi connectivity index (χ4n) is 7.14. The molecule has 366 valence electrons. The van der Waals surface area contributed by atoms with E-state index in [1.54, 1.807) is 0 Å². The topological polar surface area (TPSA) is 326 Å². The summed E-state index contributed by atoms with van der Waals surface area (Å²) in [6.07, 6.45) is 15.1. The molecule has 1 aliphatic carbocycles.